The molecule has 90 valence electrons. The van der Waals surface area contributed by atoms with E-state index < -0.39 is 0 Å². The lowest BCUT2D eigenvalue weighted by molar-refractivity contribution is 0.288. The molecule has 3 heteroatoms. The van der Waals surface area contributed by atoms with Crippen LogP contribution in [0.15, 0.2) is 18.2 Å². The Bertz CT molecular complexity index is 337. The number of aryl methyl sites for hydroxylation is 1. The molecule has 0 amide bonds. The number of benzene rings is 1. The van der Waals surface area contributed by atoms with Gasteiger partial charge >= 0.3 is 0 Å². The van der Waals surface area contributed by atoms with Crippen LogP contribution in [0.1, 0.15) is 25.8 Å². The van der Waals surface area contributed by atoms with Crippen LogP contribution in [0.5, 0.6) is 0 Å². The lowest BCUT2D eigenvalue weighted by Crippen LogP contribution is -2.32. The molecule has 0 aliphatic heterocycles. The highest BCUT2D eigenvalue weighted by molar-refractivity contribution is 5.68. The lowest BCUT2D eigenvalue weighted by atomic mass is 10.1. The molecule has 16 heavy (non-hydrogen) atoms. The van der Waals surface area contributed by atoms with E-state index in [1.807, 2.05) is 12.1 Å². The Kier molecular flexibility index (Phi) is 4.62. The van der Waals surface area contributed by atoms with E-state index in [1.165, 1.54) is 5.56 Å². The van der Waals surface area contributed by atoms with Crippen molar-refractivity contribution in [3.63, 3.8) is 0 Å². The van der Waals surface area contributed by atoms with Crippen molar-refractivity contribution < 1.29 is 5.11 Å². The molecule has 0 unspecified atom stereocenters. The van der Waals surface area contributed by atoms with Crippen molar-refractivity contribution in [2.24, 2.45) is 0 Å². The molecule has 0 atom stereocenters. The summed E-state index contributed by atoms with van der Waals surface area (Å²) in [5.74, 6) is 0. The van der Waals surface area contributed by atoms with Crippen molar-refractivity contribution in [2.75, 3.05) is 23.8 Å². The summed E-state index contributed by atoms with van der Waals surface area (Å²) in [6.45, 7) is 7.39. The zero-order chi connectivity index (χ0) is 12.1. The second kappa shape index (κ2) is 5.75. The highest BCUT2D eigenvalue weighted by atomic mass is 16.3. The van der Waals surface area contributed by atoms with E-state index >= 15 is 0 Å². The topological polar surface area (TPSA) is 49.5 Å². The molecule has 1 aromatic rings. The molecule has 0 aliphatic carbocycles. The Morgan fingerprint density at radius 3 is 2.62 bits per heavy atom. The Morgan fingerprint density at radius 2 is 2.06 bits per heavy atom. The molecule has 0 saturated carbocycles. The minimum atomic E-state index is 0.217. The van der Waals surface area contributed by atoms with Gasteiger partial charge < -0.3 is 15.7 Å². The van der Waals surface area contributed by atoms with Crippen LogP contribution in [0.4, 0.5) is 11.4 Å². The van der Waals surface area contributed by atoms with Gasteiger partial charge in [-0.1, -0.05) is 6.07 Å². The normalized spacial score (nSPS) is 10.8. The van der Waals surface area contributed by atoms with Gasteiger partial charge in [0.2, 0.25) is 0 Å². The van der Waals surface area contributed by atoms with Crippen LogP contribution in [-0.4, -0.2) is 24.3 Å². The molecule has 0 saturated heterocycles. The van der Waals surface area contributed by atoms with Crippen LogP contribution >= 0.6 is 0 Å². The third-order valence-corrected chi connectivity index (χ3v) is 2.68. The Balaban J connectivity index is 2.95. The predicted molar refractivity (Wildman–Crippen MR) is 69.8 cm³/mol. The molecule has 3 nitrogen and oxygen atoms in total. The summed E-state index contributed by atoms with van der Waals surface area (Å²) in [6, 6.07) is 6.45. The number of nitrogens with two attached hydrogens (primary N) is 1. The van der Waals surface area contributed by atoms with E-state index in [0.717, 1.165) is 24.3 Å². The van der Waals surface area contributed by atoms with Gasteiger partial charge in [-0.25, -0.2) is 0 Å². The number of nitrogens with zero attached hydrogens (tertiary/aromatic N) is 1. The maximum absolute atomic E-state index is 8.91. The maximum Gasteiger partial charge on any atom is 0.0604 e. The summed E-state index contributed by atoms with van der Waals surface area (Å²) in [6.07, 6.45) is 0.769. The second-order valence-electron chi connectivity index (χ2n) is 4.43. The average molecular weight is 222 g/mol. The Labute approximate surface area is 97.9 Å². The highest BCUT2D eigenvalue weighted by Gasteiger charge is 2.12. The van der Waals surface area contributed by atoms with Crippen LogP contribution in [0.25, 0.3) is 0 Å². The number of aliphatic hydroxyl groups excluding tert-OH is 1. The molecule has 0 fully saturated rings. The predicted octanol–water partition coefficient (Wildman–Crippen LogP) is 2.17. The van der Waals surface area contributed by atoms with E-state index in [4.69, 9.17) is 10.8 Å². The quantitative estimate of drug-likeness (QED) is 0.751. The fourth-order valence-corrected chi connectivity index (χ4v) is 1.80. The molecule has 0 aliphatic rings. The zero-order valence-corrected chi connectivity index (χ0v) is 10.4. The Morgan fingerprint density at radius 1 is 1.38 bits per heavy atom. The molecule has 0 radical (unpaired) electrons. The van der Waals surface area contributed by atoms with Crippen molar-refractivity contribution in [2.45, 2.75) is 33.2 Å². The van der Waals surface area contributed by atoms with Crippen molar-refractivity contribution in [1.82, 2.24) is 0 Å². The van der Waals surface area contributed by atoms with Crippen LogP contribution in [0.2, 0.25) is 0 Å². The first-order valence-corrected chi connectivity index (χ1v) is 5.80. The van der Waals surface area contributed by atoms with Gasteiger partial charge in [-0.3, -0.25) is 0 Å². The first-order valence-electron chi connectivity index (χ1n) is 5.80. The van der Waals surface area contributed by atoms with Gasteiger partial charge in [-0.15, -0.1) is 0 Å². The molecule has 1 aromatic carbocycles. The lowest BCUT2D eigenvalue weighted by Gasteiger charge is -2.30. The third kappa shape index (κ3) is 3.14. The summed E-state index contributed by atoms with van der Waals surface area (Å²) in [7, 11) is 0. The maximum atomic E-state index is 8.91. The molecule has 0 spiro atoms. The van der Waals surface area contributed by atoms with E-state index in [-0.39, 0.29) is 6.61 Å². The number of hydrogen-bond donors (Lipinski definition) is 2. The number of rotatable bonds is 5. The summed E-state index contributed by atoms with van der Waals surface area (Å²) in [5.41, 5.74) is 9.08. The standard InChI is InChI=1S/C13H22N2O/c1-10(2)15(7-4-8-16)13-9-11(3)5-6-12(13)14/h5-6,9-10,16H,4,7-8,14H2,1-3H3. The van der Waals surface area contributed by atoms with Crippen molar-refractivity contribution in [1.29, 1.82) is 0 Å². The van der Waals surface area contributed by atoms with Crippen LogP contribution < -0.4 is 10.6 Å². The fourth-order valence-electron chi connectivity index (χ4n) is 1.80. The van der Waals surface area contributed by atoms with Gasteiger partial charge in [0.05, 0.1) is 11.4 Å². The molecular weight excluding hydrogens is 200 g/mol. The number of aliphatic hydroxyl groups is 1. The van der Waals surface area contributed by atoms with Crippen LogP contribution in [0.3, 0.4) is 0 Å². The monoisotopic (exact) mass is 222 g/mol. The van der Waals surface area contributed by atoms with Gasteiger partial charge in [0.25, 0.3) is 0 Å². The highest BCUT2D eigenvalue weighted by Crippen LogP contribution is 2.26. The second-order valence-corrected chi connectivity index (χ2v) is 4.43. The zero-order valence-electron chi connectivity index (χ0n) is 10.4. The van der Waals surface area contributed by atoms with E-state index in [2.05, 4.69) is 31.7 Å². The minimum absolute atomic E-state index is 0.217. The van der Waals surface area contributed by atoms with Crippen molar-refractivity contribution in [3.8, 4) is 0 Å². The summed E-state index contributed by atoms with van der Waals surface area (Å²) in [5, 5.41) is 8.91. The number of anilines is 2. The average Bonchev–Trinajstić information content (AvgIpc) is 2.23. The van der Waals surface area contributed by atoms with Gasteiger partial charge in [0, 0.05) is 19.2 Å². The molecule has 1 rings (SSSR count). The largest absolute Gasteiger partial charge is 0.397 e. The number of hydrogen-bond acceptors (Lipinski definition) is 3. The molecule has 0 aromatic heterocycles. The first-order chi connectivity index (χ1) is 7.56. The number of nitrogen functional groups attached to an aromatic ring is 1. The van der Waals surface area contributed by atoms with E-state index in [0.29, 0.717) is 6.04 Å². The van der Waals surface area contributed by atoms with Gasteiger partial charge in [-0.05, 0) is 44.9 Å². The van der Waals surface area contributed by atoms with Crippen molar-refractivity contribution in [3.05, 3.63) is 23.8 Å². The Hall–Kier alpha value is -1.22. The van der Waals surface area contributed by atoms with Crippen LogP contribution in [0, 0.1) is 6.92 Å². The SMILES string of the molecule is Cc1ccc(N)c(N(CCCO)C(C)C)c1. The van der Waals surface area contributed by atoms with E-state index in [9.17, 15) is 0 Å². The van der Waals surface area contributed by atoms with Crippen molar-refractivity contribution >= 4 is 11.4 Å². The molecule has 0 heterocycles. The van der Waals surface area contributed by atoms with Gasteiger partial charge in [0.15, 0.2) is 0 Å². The molecular formula is C13H22N2O. The van der Waals surface area contributed by atoms with Crippen LogP contribution in [-0.2, 0) is 0 Å². The fraction of sp³-hybridized carbons (Fsp3) is 0.538. The molecule has 3 N–H and O–H groups in total. The summed E-state index contributed by atoms with van der Waals surface area (Å²) in [4.78, 5) is 2.23. The van der Waals surface area contributed by atoms with Gasteiger partial charge in [0.1, 0.15) is 0 Å². The summed E-state index contributed by atoms with van der Waals surface area (Å²) >= 11 is 0. The van der Waals surface area contributed by atoms with Gasteiger partial charge in [-0.2, -0.15) is 0 Å². The molecule has 0 bridgehead atoms. The van der Waals surface area contributed by atoms with E-state index in [1.54, 1.807) is 0 Å². The summed E-state index contributed by atoms with van der Waals surface area (Å²) < 4.78 is 0. The third-order valence-electron chi connectivity index (χ3n) is 2.68. The first kappa shape index (κ1) is 12.8. The smallest absolute Gasteiger partial charge is 0.0604 e. The minimum Gasteiger partial charge on any atom is -0.397 e.